The highest BCUT2D eigenvalue weighted by Gasteiger charge is 2.24. The van der Waals surface area contributed by atoms with Crippen LogP contribution in [0.3, 0.4) is 0 Å². The zero-order valence-electron chi connectivity index (χ0n) is 21.7. The number of furan rings is 1. The summed E-state index contributed by atoms with van der Waals surface area (Å²) in [5.74, 6) is -0.410. The summed E-state index contributed by atoms with van der Waals surface area (Å²) in [6.45, 7) is 6.40. The van der Waals surface area contributed by atoms with E-state index in [0.29, 0.717) is 49.6 Å². The topological polar surface area (TPSA) is 94.9 Å². The number of nitrogens with one attached hydrogen (secondary N) is 2. The monoisotopic (exact) mass is 520 g/mol. The summed E-state index contributed by atoms with van der Waals surface area (Å²) in [6, 6.07) is 14.6. The molecule has 0 spiro atoms. The van der Waals surface area contributed by atoms with E-state index < -0.39 is 0 Å². The molecule has 4 rings (SSSR count). The number of halogens is 1. The van der Waals surface area contributed by atoms with Gasteiger partial charge in [-0.1, -0.05) is 26.0 Å². The van der Waals surface area contributed by atoms with E-state index in [9.17, 15) is 18.8 Å². The van der Waals surface area contributed by atoms with Gasteiger partial charge in [-0.05, 0) is 60.4 Å². The van der Waals surface area contributed by atoms with Crippen LogP contribution in [0.1, 0.15) is 53.2 Å². The van der Waals surface area contributed by atoms with Crippen molar-refractivity contribution in [2.24, 2.45) is 5.92 Å². The second kappa shape index (κ2) is 12.4. The number of carbonyl (C=O) groups is 3. The van der Waals surface area contributed by atoms with Crippen LogP contribution in [0.15, 0.2) is 65.3 Å². The molecule has 38 heavy (non-hydrogen) atoms. The number of hydrogen-bond donors (Lipinski definition) is 2. The highest BCUT2D eigenvalue weighted by molar-refractivity contribution is 6.02. The zero-order valence-corrected chi connectivity index (χ0v) is 21.7. The molecule has 9 heteroatoms. The number of anilines is 2. The quantitative estimate of drug-likeness (QED) is 0.450. The third kappa shape index (κ3) is 7.00. The maximum Gasteiger partial charge on any atom is 0.289 e. The Morgan fingerprint density at radius 2 is 1.79 bits per heavy atom. The minimum Gasteiger partial charge on any atom is -0.459 e. The molecule has 1 aliphatic rings. The Kier molecular flexibility index (Phi) is 8.78. The average molecular weight is 521 g/mol. The molecule has 0 aliphatic carbocycles. The van der Waals surface area contributed by atoms with Crippen molar-refractivity contribution in [2.75, 3.05) is 36.4 Å². The van der Waals surface area contributed by atoms with E-state index in [2.05, 4.69) is 15.5 Å². The van der Waals surface area contributed by atoms with E-state index in [1.807, 2.05) is 19.9 Å². The third-order valence-electron chi connectivity index (χ3n) is 6.34. The number of nitrogens with zero attached hydrogens (tertiary/aromatic N) is 2. The molecule has 0 atom stereocenters. The molecule has 2 N–H and O–H groups in total. The Morgan fingerprint density at radius 1 is 1.00 bits per heavy atom. The van der Waals surface area contributed by atoms with Gasteiger partial charge in [0.15, 0.2) is 5.76 Å². The maximum absolute atomic E-state index is 13.4. The van der Waals surface area contributed by atoms with Crippen molar-refractivity contribution in [2.45, 2.75) is 33.2 Å². The van der Waals surface area contributed by atoms with Gasteiger partial charge in [0.2, 0.25) is 5.91 Å². The van der Waals surface area contributed by atoms with Crippen LogP contribution in [0.25, 0.3) is 0 Å². The average Bonchev–Trinajstić information content (AvgIpc) is 3.32. The summed E-state index contributed by atoms with van der Waals surface area (Å²) in [7, 11) is 0. The predicted molar refractivity (Wildman–Crippen MR) is 144 cm³/mol. The molecule has 3 aromatic rings. The lowest BCUT2D eigenvalue weighted by molar-refractivity contribution is -0.116. The normalized spacial score (nSPS) is 13.8. The Labute approximate surface area is 221 Å². The number of hydrogen-bond acceptors (Lipinski definition) is 5. The molecule has 8 nitrogen and oxygen atoms in total. The molecular formula is C29H33FN4O4. The van der Waals surface area contributed by atoms with Crippen LogP contribution in [0, 0.1) is 11.7 Å². The standard InChI is InChI=1S/C29H33FN4O4/c1-20(2)17-27(35)32-23-10-11-25(24(18-23)28(36)31-19-21-6-8-22(30)9-7-21)33-12-4-13-34(15-14-33)29(37)26-5-3-16-38-26/h3,5-11,16,18,20H,4,12-15,17,19H2,1-2H3,(H,31,36)(H,32,35). The maximum atomic E-state index is 13.4. The van der Waals surface area contributed by atoms with Crippen LogP contribution in [0.2, 0.25) is 0 Å². The Bertz CT molecular complexity index is 1260. The fraction of sp³-hybridized carbons (Fsp3) is 0.345. The molecule has 0 bridgehead atoms. The van der Waals surface area contributed by atoms with Crippen molar-refractivity contribution >= 4 is 29.1 Å². The fourth-order valence-electron chi connectivity index (χ4n) is 4.45. The van der Waals surface area contributed by atoms with Gasteiger partial charge in [-0.2, -0.15) is 0 Å². The van der Waals surface area contributed by atoms with Crippen molar-refractivity contribution in [3.63, 3.8) is 0 Å². The van der Waals surface area contributed by atoms with E-state index in [-0.39, 0.29) is 36.0 Å². The van der Waals surface area contributed by atoms with Gasteiger partial charge in [0.1, 0.15) is 5.82 Å². The Hall–Kier alpha value is -4.14. The van der Waals surface area contributed by atoms with Gasteiger partial charge in [0, 0.05) is 50.5 Å². The predicted octanol–water partition coefficient (Wildman–Crippen LogP) is 4.69. The van der Waals surface area contributed by atoms with E-state index in [1.165, 1.54) is 18.4 Å². The van der Waals surface area contributed by atoms with Crippen LogP contribution in [-0.4, -0.2) is 48.8 Å². The molecule has 0 saturated carbocycles. The summed E-state index contributed by atoms with van der Waals surface area (Å²) >= 11 is 0. The first-order chi connectivity index (χ1) is 18.3. The van der Waals surface area contributed by atoms with Crippen molar-refractivity contribution < 1.29 is 23.2 Å². The summed E-state index contributed by atoms with van der Waals surface area (Å²) in [4.78, 5) is 42.4. The highest BCUT2D eigenvalue weighted by Crippen LogP contribution is 2.27. The zero-order chi connectivity index (χ0) is 27.1. The molecule has 1 fully saturated rings. The van der Waals surface area contributed by atoms with E-state index in [1.54, 1.807) is 41.3 Å². The number of amides is 3. The molecule has 1 saturated heterocycles. The smallest absolute Gasteiger partial charge is 0.289 e. The lowest BCUT2D eigenvalue weighted by atomic mass is 10.1. The lowest BCUT2D eigenvalue weighted by Gasteiger charge is -2.26. The van der Waals surface area contributed by atoms with Crippen molar-refractivity contribution in [3.8, 4) is 0 Å². The second-order valence-electron chi connectivity index (χ2n) is 9.80. The Balaban J connectivity index is 1.53. The van der Waals surface area contributed by atoms with E-state index >= 15 is 0 Å². The van der Waals surface area contributed by atoms with E-state index in [0.717, 1.165) is 17.7 Å². The van der Waals surface area contributed by atoms with Gasteiger partial charge in [-0.25, -0.2) is 4.39 Å². The molecule has 2 aromatic carbocycles. The fourth-order valence-corrected chi connectivity index (χ4v) is 4.45. The molecule has 200 valence electrons. The number of benzene rings is 2. The van der Waals surface area contributed by atoms with E-state index in [4.69, 9.17) is 4.42 Å². The first kappa shape index (κ1) is 26.9. The number of rotatable bonds is 8. The molecule has 1 aliphatic heterocycles. The lowest BCUT2D eigenvalue weighted by Crippen LogP contribution is -2.35. The molecule has 0 radical (unpaired) electrons. The molecule has 2 heterocycles. The van der Waals surface area contributed by atoms with Crippen LogP contribution >= 0.6 is 0 Å². The van der Waals surface area contributed by atoms with Gasteiger partial charge in [0.05, 0.1) is 11.8 Å². The van der Waals surface area contributed by atoms with Crippen LogP contribution in [-0.2, 0) is 11.3 Å². The Morgan fingerprint density at radius 3 is 2.50 bits per heavy atom. The second-order valence-corrected chi connectivity index (χ2v) is 9.80. The van der Waals surface area contributed by atoms with Crippen molar-refractivity contribution in [1.29, 1.82) is 0 Å². The van der Waals surface area contributed by atoms with Gasteiger partial charge in [-0.3, -0.25) is 14.4 Å². The number of carbonyl (C=O) groups excluding carboxylic acids is 3. The van der Waals surface area contributed by atoms with Crippen molar-refractivity contribution in [1.82, 2.24) is 10.2 Å². The first-order valence-corrected chi connectivity index (χ1v) is 12.8. The largest absolute Gasteiger partial charge is 0.459 e. The molecule has 0 unspecified atom stereocenters. The highest BCUT2D eigenvalue weighted by atomic mass is 19.1. The summed E-state index contributed by atoms with van der Waals surface area (Å²) in [5.41, 5.74) is 2.44. The van der Waals surface area contributed by atoms with Crippen LogP contribution in [0.5, 0.6) is 0 Å². The molecular weight excluding hydrogens is 487 g/mol. The molecule has 1 aromatic heterocycles. The minimum atomic E-state index is -0.340. The van der Waals surface area contributed by atoms with Gasteiger partial charge in [-0.15, -0.1) is 0 Å². The summed E-state index contributed by atoms with van der Waals surface area (Å²) in [5, 5.41) is 5.80. The van der Waals surface area contributed by atoms with Gasteiger partial charge >= 0.3 is 0 Å². The summed E-state index contributed by atoms with van der Waals surface area (Å²) in [6.07, 6.45) is 2.57. The van der Waals surface area contributed by atoms with Gasteiger partial charge < -0.3 is 24.9 Å². The van der Waals surface area contributed by atoms with Gasteiger partial charge in [0.25, 0.3) is 11.8 Å². The van der Waals surface area contributed by atoms with Crippen molar-refractivity contribution in [3.05, 3.63) is 83.6 Å². The first-order valence-electron chi connectivity index (χ1n) is 12.8. The van der Waals surface area contributed by atoms with Crippen LogP contribution in [0.4, 0.5) is 15.8 Å². The molecule has 3 amide bonds. The minimum absolute atomic E-state index is 0.118. The van der Waals surface area contributed by atoms with Crippen LogP contribution < -0.4 is 15.5 Å². The third-order valence-corrected chi connectivity index (χ3v) is 6.34. The SMILES string of the molecule is CC(C)CC(=O)Nc1ccc(N2CCCN(C(=O)c3ccco3)CC2)c(C(=O)NCc2ccc(F)cc2)c1. The summed E-state index contributed by atoms with van der Waals surface area (Å²) < 4.78 is 18.5.